The molecule has 0 saturated heterocycles. The number of anilines is 2. The normalized spacial score (nSPS) is 15.9. The molecule has 3 aromatic rings. The second-order valence-corrected chi connectivity index (χ2v) is 11.5. The molecular formula is C32H39N5O5. The summed E-state index contributed by atoms with van der Waals surface area (Å²) < 4.78 is 5.41. The molecule has 0 radical (unpaired) electrons. The summed E-state index contributed by atoms with van der Waals surface area (Å²) in [5.41, 5.74) is 2.33. The highest BCUT2D eigenvalue weighted by Gasteiger charge is 2.38. The number of aryl methyl sites for hydroxylation is 1. The minimum Gasteiger partial charge on any atom is -0.444 e. The van der Waals surface area contributed by atoms with Crippen LogP contribution in [0.25, 0.3) is 10.8 Å². The van der Waals surface area contributed by atoms with Crippen LogP contribution in [0, 0.1) is 6.92 Å². The van der Waals surface area contributed by atoms with E-state index in [4.69, 9.17) is 4.74 Å². The summed E-state index contributed by atoms with van der Waals surface area (Å²) in [5, 5.41) is 7.52. The number of amides is 5. The average molecular weight is 574 g/mol. The number of fused-ring (bicyclic) bond motifs is 2. The molecule has 42 heavy (non-hydrogen) atoms. The van der Waals surface area contributed by atoms with E-state index in [0.717, 1.165) is 21.9 Å². The van der Waals surface area contributed by atoms with Gasteiger partial charge in [0.25, 0.3) is 5.91 Å². The molecule has 4 rings (SSSR count). The van der Waals surface area contributed by atoms with E-state index in [1.54, 1.807) is 50.8 Å². The van der Waals surface area contributed by atoms with Gasteiger partial charge < -0.3 is 20.3 Å². The molecule has 10 heteroatoms. The summed E-state index contributed by atoms with van der Waals surface area (Å²) in [6.07, 6.45) is -0.662. The van der Waals surface area contributed by atoms with E-state index < -0.39 is 35.7 Å². The molecule has 0 spiro atoms. The second-order valence-electron chi connectivity index (χ2n) is 11.5. The maximum Gasteiger partial charge on any atom is 0.410 e. The monoisotopic (exact) mass is 573 g/mol. The molecule has 1 aliphatic rings. The van der Waals surface area contributed by atoms with Crippen molar-refractivity contribution < 1.29 is 23.9 Å². The lowest BCUT2D eigenvalue weighted by Gasteiger charge is -2.30. The van der Waals surface area contributed by atoms with Gasteiger partial charge in [-0.1, -0.05) is 48.5 Å². The highest BCUT2D eigenvalue weighted by Crippen LogP contribution is 2.35. The summed E-state index contributed by atoms with van der Waals surface area (Å²) in [6, 6.07) is 16.8. The van der Waals surface area contributed by atoms with Crippen LogP contribution in [-0.4, -0.2) is 67.2 Å². The Morgan fingerprint density at radius 3 is 2.33 bits per heavy atom. The number of urea groups is 1. The van der Waals surface area contributed by atoms with Crippen molar-refractivity contribution in [3.8, 4) is 0 Å². The van der Waals surface area contributed by atoms with Gasteiger partial charge >= 0.3 is 12.1 Å². The highest BCUT2D eigenvalue weighted by molar-refractivity contribution is 6.08. The van der Waals surface area contributed by atoms with Gasteiger partial charge in [0.15, 0.2) is 0 Å². The molecule has 10 nitrogen and oxygen atoms in total. The van der Waals surface area contributed by atoms with Crippen molar-refractivity contribution in [3.05, 3.63) is 71.8 Å². The molecule has 0 saturated carbocycles. The highest BCUT2D eigenvalue weighted by atomic mass is 16.6. The van der Waals surface area contributed by atoms with Gasteiger partial charge in [-0.3, -0.25) is 19.4 Å². The van der Waals surface area contributed by atoms with Crippen molar-refractivity contribution in [2.45, 2.75) is 58.8 Å². The Balaban J connectivity index is 1.73. The first-order chi connectivity index (χ1) is 19.8. The topological polar surface area (TPSA) is 111 Å². The SMILES string of the molecule is CNC(=O)N1C[C@H](NC(=O)[C@H](C)N(C)C(=O)OC(C)(C)C)C(=O)N(Cc2c(C)ccc3ccccc23)c2ccccc21. The predicted molar refractivity (Wildman–Crippen MR) is 164 cm³/mol. The smallest absolute Gasteiger partial charge is 0.410 e. The Kier molecular flexibility index (Phi) is 8.75. The van der Waals surface area contributed by atoms with Crippen LogP contribution in [-0.2, 0) is 20.9 Å². The van der Waals surface area contributed by atoms with Crippen LogP contribution in [0.1, 0.15) is 38.8 Å². The van der Waals surface area contributed by atoms with Gasteiger partial charge in [-0.25, -0.2) is 9.59 Å². The number of likely N-dealkylation sites (N-methyl/N-ethyl adjacent to an activating group) is 1. The fourth-order valence-electron chi connectivity index (χ4n) is 4.96. The maximum atomic E-state index is 14.3. The minimum atomic E-state index is -1.09. The zero-order valence-corrected chi connectivity index (χ0v) is 25.2. The van der Waals surface area contributed by atoms with Gasteiger partial charge in [0.2, 0.25) is 5.91 Å². The molecule has 0 fully saturated rings. The van der Waals surface area contributed by atoms with E-state index >= 15 is 0 Å². The van der Waals surface area contributed by atoms with E-state index in [2.05, 4.69) is 10.6 Å². The lowest BCUT2D eigenvalue weighted by atomic mass is 9.99. The van der Waals surface area contributed by atoms with Crippen LogP contribution in [0.2, 0.25) is 0 Å². The summed E-state index contributed by atoms with van der Waals surface area (Å²) >= 11 is 0. The van der Waals surface area contributed by atoms with E-state index in [0.29, 0.717) is 11.4 Å². The summed E-state index contributed by atoms with van der Waals surface area (Å²) in [7, 11) is 2.98. The lowest BCUT2D eigenvalue weighted by molar-refractivity contribution is -0.130. The molecule has 2 N–H and O–H groups in total. The first-order valence-corrected chi connectivity index (χ1v) is 14.0. The predicted octanol–water partition coefficient (Wildman–Crippen LogP) is 4.58. The largest absolute Gasteiger partial charge is 0.444 e. The van der Waals surface area contributed by atoms with Crippen LogP contribution >= 0.6 is 0 Å². The first-order valence-electron chi connectivity index (χ1n) is 14.0. The van der Waals surface area contributed by atoms with E-state index in [9.17, 15) is 19.2 Å². The van der Waals surface area contributed by atoms with Crippen LogP contribution < -0.4 is 20.4 Å². The summed E-state index contributed by atoms with van der Waals surface area (Å²) in [6.45, 7) is 8.91. The van der Waals surface area contributed by atoms with E-state index in [1.165, 1.54) is 23.9 Å². The first kappa shape index (κ1) is 30.4. The molecule has 0 aromatic heterocycles. The fourth-order valence-corrected chi connectivity index (χ4v) is 4.96. The van der Waals surface area contributed by atoms with Crippen molar-refractivity contribution in [2.75, 3.05) is 30.4 Å². The zero-order valence-electron chi connectivity index (χ0n) is 25.2. The molecule has 0 aliphatic carbocycles. The molecule has 1 heterocycles. The number of para-hydroxylation sites is 2. The number of nitrogens with zero attached hydrogens (tertiary/aromatic N) is 3. The summed E-state index contributed by atoms with van der Waals surface area (Å²) in [4.78, 5) is 57.7. The Hall–Kier alpha value is -4.60. The molecule has 0 unspecified atom stereocenters. The van der Waals surface area contributed by atoms with Gasteiger partial charge in [0.05, 0.1) is 24.5 Å². The number of nitrogens with one attached hydrogen (secondary N) is 2. The van der Waals surface area contributed by atoms with Crippen molar-refractivity contribution in [1.82, 2.24) is 15.5 Å². The lowest BCUT2D eigenvalue weighted by Crippen LogP contribution is -2.57. The van der Waals surface area contributed by atoms with Crippen LogP contribution in [0.15, 0.2) is 60.7 Å². The number of hydrogen-bond donors (Lipinski definition) is 2. The third kappa shape index (κ3) is 6.32. The number of hydrogen-bond acceptors (Lipinski definition) is 5. The minimum absolute atomic E-state index is 0.102. The average Bonchev–Trinajstić information content (AvgIpc) is 3.07. The Morgan fingerprint density at radius 1 is 1.02 bits per heavy atom. The third-order valence-electron chi connectivity index (χ3n) is 7.40. The third-order valence-corrected chi connectivity index (χ3v) is 7.40. The zero-order chi connectivity index (χ0) is 30.8. The molecule has 2 atom stereocenters. The maximum absolute atomic E-state index is 14.3. The molecule has 5 amide bonds. The van der Waals surface area contributed by atoms with Crippen LogP contribution in [0.4, 0.5) is 21.0 Å². The van der Waals surface area contributed by atoms with Gasteiger partial charge in [-0.15, -0.1) is 0 Å². The quantitative estimate of drug-likeness (QED) is 0.464. The Morgan fingerprint density at radius 2 is 1.67 bits per heavy atom. The number of carbonyl (C=O) groups excluding carboxylic acids is 4. The van der Waals surface area contributed by atoms with Gasteiger partial charge in [0.1, 0.15) is 17.7 Å². The summed E-state index contributed by atoms with van der Waals surface area (Å²) in [5.74, 6) is -0.924. The molecule has 3 aromatic carbocycles. The Labute approximate surface area is 246 Å². The van der Waals surface area contributed by atoms with Crippen molar-refractivity contribution in [2.24, 2.45) is 0 Å². The van der Waals surface area contributed by atoms with Crippen LogP contribution in [0.5, 0.6) is 0 Å². The Bertz CT molecular complexity index is 1510. The van der Waals surface area contributed by atoms with Crippen molar-refractivity contribution >= 4 is 46.1 Å². The molecular weight excluding hydrogens is 534 g/mol. The molecule has 222 valence electrons. The van der Waals surface area contributed by atoms with Gasteiger partial charge in [-0.05, 0) is 68.7 Å². The number of benzene rings is 3. The number of carbonyl (C=O) groups is 4. The number of ether oxygens (including phenoxy) is 1. The van der Waals surface area contributed by atoms with Gasteiger partial charge in [-0.2, -0.15) is 0 Å². The van der Waals surface area contributed by atoms with Crippen LogP contribution in [0.3, 0.4) is 0 Å². The molecule has 0 bridgehead atoms. The standard InChI is InChI=1S/C32H39N5O5/c1-20-16-17-22-12-8-9-13-23(22)24(20)18-36-26-14-10-11-15-27(26)37(30(40)33-6)19-25(29(36)39)34-28(38)21(2)35(7)31(41)42-32(3,4)5/h8-17,21,25H,18-19H2,1-7H3,(H,33,40)(H,34,38)/t21-,25-/m0/s1. The van der Waals surface area contributed by atoms with Gasteiger partial charge in [0, 0.05) is 14.1 Å². The molecule has 1 aliphatic heterocycles. The fraction of sp³-hybridized carbons (Fsp3) is 0.375. The van der Waals surface area contributed by atoms with Crippen molar-refractivity contribution in [3.63, 3.8) is 0 Å². The van der Waals surface area contributed by atoms with Crippen molar-refractivity contribution in [1.29, 1.82) is 0 Å². The number of rotatable bonds is 5. The second kappa shape index (κ2) is 12.1. The van der Waals surface area contributed by atoms with E-state index in [1.807, 2.05) is 49.4 Å². The van der Waals surface area contributed by atoms with E-state index in [-0.39, 0.29) is 19.0 Å².